The maximum Gasteiger partial charge on any atom is 0.314 e. The van der Waals surface area contributed by atoms with Crippen LogP contribution >= 0.6 is 0 Å². The summed E-state index contributed by atoms with van der Waals surface area (Å²) < 4.78 is 39.5. The molecule has 0 saturated heterocycles. The van der Waals surface area contributed by atoms with Crippen LogP contribution in [0.4, 0.5) is 20.2 Å². The number of ether oxygens (including phenoxy) is 2. The van der Waals surface area contributed by atoms with Gasteiger partial charge in [-0.2, -0.15) is 8.78 Å². The van der Waals surface area contributed by atoms with Crippen LogP contribution in [-0.2, 0) is 5.41 Å². The Hall–Kier alpha value is -5.26. The molecule has 10 nitrogen and oxygen atoms in total. The maximum atomic E-state index is 14.3. The first kappa shape index (κ1) is 26.8. The lowest BCUT2D eigenvalue weighted by Gasteiger charge is -2.26. The minimum Gasteiger partial charge on any atom is -0.500 e. The lowest BCUT2D eigenvalue weighted by molar-refractivity contribution is -0.386. The highest BCUT2D eigenvalue weighted by Gasteiger charge is 2.25. The van der Waals surface area contributed by atoms with Crippen LogP contribution in [0.1, 0.15) is 25.0 Å². The molecule has 0 bridgehead atoms. The van der Waals surface area contributed by atoms with E-state index in [1.165, 1.54) is 0 Å². The van der Waals surface area contributed by atoms with E-state index in [1.807, 2.05) is 13.8 Å². The molecule has 4 aromatic rings. The minimum absolute atomic E-state index is 0.235. The van der Waals surface area contributed by atoms with Crippen molar-refractivity contribution in [3.05, 3.63) is 116 Å². The summed E-state index contributed by atoms with van der Waals surface area (Å²) in [5, 5.41) is 41.1. The second-order valence-electron chi connectivity index (χ2n) is 8.88. The fourth-order valence-electron chi connectivity index (χ4n) is 3.82. The monoisotopic (exact) mass is 538 g/mol. The second-order valence-corrected chi connectivity index (χ2v) is 8.88. The number of rotatable bonds is 8. The van der Waals surface area contributed by atoms with Gasteiger partial charge in [0.1, 0.15) is 11.5 Å². The third kappa shape index (κ3) is 5.25. The number of aromatic hydroxyl groups is 2. The Bertz CT molecular complexity index is 1460. The first-order valence-corrected chi connectivity index (χ1v) is 11.3. The van der Waals surface area contributed by atoms with Gasteiger partial charge in [0.25, 0.3) is 0 Å². The van der Waals surface area contributed by atoms with E-state index in [2.05, 4.69) is 0 Å². The van der Waals surface area contributed by atoms with Gasteiger partial charge in [0.15, 0.2) is 11.5 Å². The van der Waals surface area contributed by atoms with Crippen molar-refractivity contribution < 1.29 is 38.3 Å². The van der Waals surface area contributed by atoms with Gasteiger partial charge in [-0.25, -0.2) is 0 Å². The van der Waals surface area contributed by atoms with Crippen molar-refractivity contribution in [2.75, 3.05) is 0 Å². The lowest BCUT2D eigenvalue weighted by atomic mass is 9.78. The molecule has 200 valence electrons. The Kier molecular flexibility index (Phi) is 7.04. The van der Waals surface area contributed by atoms with E-state index < -0.39 is 49.8 Å². The van der Waals surface area contributed by atoms with Gasteiger partial charge in [-0.05, 0) is 47.5 Å². The Balaban J connectivity index is 1.50. The van der Waals surface area contributed by atoms with E-state index in [9.17, 15) is 39.2 Å². The average molecular weight is 538 g/mol. The number of halogens is 2. The van der Waals surface area contributed by atoms with Crippen LogP contribution < -0.4 is 9.47 Å². The van der Waals surface area contributed by atoms with Gasteiger partial charge in [0.05, 0.1) is 9.85 Å². The fourth-order valence-corrected chi connectivity index (χ4v) is 3.82. The van der Waals surface area contributed by atoms with Crippen molar-refractivity contribution >= 4 is 11.4 Å². The zero-order valence-corrected chi connectivity index (χ0v) is 20.4. The Labute approximate surface area is 219 Å². The summed E-state index contributed by atoms with van der Waals surface area (Å²) in [5.41, 5.74) is -0.386. The van der Waals surface area contributed by atoms with Crippen molar-refractivity contribution in [2.24, 2.45) is 0 Å². The van der Waals surface area contributed by atoms with Gasteiger partial charge >= 0.3 is 11.4 Å². The normalized spacial score (nSPS) is 11.2. The average Bonchev–Trinajstić information content (AvgIpc) is 2.90. The first-order valence-electron chi connectivity index (χ1n) is 11.3. The highest BCUT2D eigenvalue weighted by Crippen LogP contribution is 2.39. The molecule has 4 aromatic carbocycles. The van der Waals surface area contributed by atoms with Crippen LogP contribution in [0, 0.1) is 31.9 Å². The standard InChI is InChI=1S/C27H20F2N2O8/c1-27(2,15-3-7-17(8-4-15)38-21-13-11-19(30(34)35)25(32)23(21)28)16-5-9-18(10-6-16)39-22-14-12-20(31(36)37)26(33)24(22)29/h3-14,32-33H,1-2H3. The molecular formula is C27H20F2N2O8. The molecule has 0 aromatic heterocycles. The molecule has 39 heavy (non-hydrogen) atoms. The van der Waals surface area contributed by atoms with Gasteiger partial charge in [0, 0.05) is 17.5 Å². The van der Waals surface area contributed by atoms with Crippen molar-refractivity contribution in [3.63, 3.8) is 0 Å². The molecule has 0 aliphatic carbocycles. The van der Waals surface area contributed by atoms with Gasteiger partial charge in [-0.3, -0.25) is 20.2 Å². The molecule has 0 radical (unpaired) electrons. The molecule has 0 amide bonds. The predicted octanol–water partition coefficient (Wildman–Crippen LogP) is 7.10. The third-order valence-electron chi connectivity index (χ3n) is 6.12. The molecule has 0 aliphatic rings. The Morgan fingerprint density at radius 1 is 0.641 bits per heavy atom. The van der Waals surface area contributed by atoms with E-state index in [-0.39, 0.29) is 23.0 Å². The predicted molar refractivity (Wildman–Crippen MR) is 135 cm³/mol. The van der Waals surface area contributed by atoms with Crippen molar-refractivity contribution in [1.29, 1.82) is 0 Å². The van der Waals surface area contributed by atoms with Crippen molar-refractivity contribution in [1.82, 2.24) is 0 Å². The van der Waals surface area contributed by atoms with Crippen molar-refractivity contribution in [3.8, 4) is 34.5 Å². The summed E-state index contributed by atoms with van der Waals surface area (Å²) >= 11 is 0. The van der Waals surface area contributed by atoms with Crippen LogP contribution in [-0.4, -0.2) is 20.1 Å². The van der Waals surface area contributed by atoms with Gasteiger partial charge in [0.2, 0.25) is 23.1 Å². The summed E-state index contributed by atoms with van der Waals surface area (Å²) in [6, 6.07) is 17.3. The Morgan fingerprint density at radius 3 is 1.28 bits per heavy atom. The number of benzene rings is 4. The maximum absolute atomic E-state index is 14.3. The minimum atomic E-state index is -1.25. The largest absolute Gasteiger partial charge is 0.500 e. The van der Waals surface area contributed by atoms with Crippen LogP contribution in [0.25, 0.3) is 0 Å². The smallest absolute Gasteiger partial charge is 0.314 e. The van der Waals surface area contributed by atoms with E-state index in [0.717, 1.165) is 35.4 Å². The molecule has 0 saturated carbocycles. The van der Waals surface area contributed by atoms with E-state index in [4.69, 9.17) is 9.47 Å². The van der Waals surface area contributed by atoms with Crippen LogP contribution in [0.3, 0.4) is 0 Å². The zero-order valence-electron chi connectivity index (χ0n) is 20.4. The molecule has 12 heteroatoms. The van der Waals surface area contributed by atoms with E-state index >= 15 is 0 Å². The Morgan fingerprint density at radius 2 is 0.974 bits per heavy atom. The van der Waals surface area contributed by atoms with Gasteiger partial charge in [-0.1, -0.05) is 38.1 Å². The number of phenolic OH excluding ortho intramolecular Hbond substituents is 2. The van der Waals surface area contributed by atoms with E-state index in [0.29, 0.717) is 0 Å². The summed E-state index contributed by atoms with van der Waals surface area (Å²) in [6.45, 7) is 3.89. The number of nitro benzene ring substituents is 2. The second kappa shape index (κ2) is 10.2. The molecule has 4 rings (SSSR count). The highest BCUT2D eigenvalue weighted by atomic mass is 19.1. The molecule has 2 N–H and O–H groups in total. The number of hydrogen-bond acceptors (Lipinski definition) is 8. The SMILES string of the molecule is CC(C)(c1ccc(Oc2ccc([N+](=O)[O-])c(O)c2F)cc1)c1ccc(Oc2ccc([N+](=O)[O-])c(O)c2F)cc1. The van der Waals surface area contributed by atoms with Gasteiger partial charge < -0.3 is 19.7 Å². The molecule has 0 aliphatic heterocycles. The highest BCUT2D eigenvalue weighted by molar-refractivity contribution is 5.53. The van der Waals surface area contributed by atoms with Gasteiger partial charge in [-0.15, -0.1) is 0 Å². The van der Waals surface area contributed by atoms with Crippen LogP contribution in [0.15, 0.2) is 72.8 Å². The molecule has 0 unspecified atom stereocenters. The number of phenols is 2. The van der Waals surface area contributed by atoms with Crippen LogP contribution in [0.5, 0.6) is 34.5 Å². The number of nitro groups is 2. The molecular weight excluding hydrogens is 518 g/mol. The van der Waals surface area contributed by atoms with Crippen molar-refractivity contribution in [2.45, 2.75) is 19.3 Å². The molecule has 0 spiro atoms. The first-order chi connectivity index (χ1) is 18.4. The molecule has 0 atom stereocenters. The summed E-state index contributed by atoms with van der Waals surface area (Å²) in [4.78, 5) is 19.9. The van der Waals surface area contributed by atoms with E-state index in [1.54, 1.807) is 48.5 Å². The quantitative estimate of drug-likeness (QED) is 0.178. The third-order valence-corrected chi connectivity index (χ3v) is 6.12. The fraction of sp³-hybridized carbons (Fsp3) is 0.111. The zero-order chi connectivity index (χ0) is 28.5. The molecule has 0 heterocycles. The lowest BCUT2D eigenvalue weighted by Crippen LogP contribution is -2.18. The summed E-state index contributed by atoms with van der Waals surface area (Å²) in [7, 11) is 0. The summed E-state index contributed by atoms with van der Waals surface area (Å²) in [5.74, 6) is -5.01. The number of hydrogen-bond donors (Lipinski definition) is 2. The number of nitrogens with zero attached hydrogens (tertiary/aromatic N) is 2. The molecule has 0 fully saturated rings. The topological polar surface area (TPSA) is 145 Å². The summed E-state index contributed by atoms with van der Waals surface area (Å²) in [6.07, 6.45) is 0. The van der Waals surface area contributed by atoms with Crippen LogP contribution in [0.2, 0.25) is 0 Å².